The molecule has 0 aliphatic carbocycles. The zero-order chi connectivity index (χ0) is 9.84. The molecule has 0 radical (unpaired) electrons. The molecular formula is C8H16O5. The van der Waals surface area contributed by atoms with Crippen LogP contribution < -0.4 is 0 Å². The van der Waals surface area contributed by atoms with Crippen LogP contribution in [0.15, 0.2) is 0 Å². The second kappa shape index (κ2) is 4.88. The largest absolute Gasteiger partial charge is 0.394 e. The lowest BCUT2D eigenvalue weighted by molar-refractivity contribution is -0.0954. The Morgan fingerprint density at radius 2 is 2.23 bits per heavy atom. The van der Waals surface area contributed by atoms with E-state index < -0.39 is 24.4 Å². The zero-order valence-corrected chi connectivity index (χ0v) is 7.84. The Kier molecular flexibility index (Phi) is 4.08. The minimum atomic E-state index is -0.640. The third-order valence-corrected chi connectivity index (χ3v) is 2.28. The molecule has 1 saturated heterocycles. The van der Waals surface area contributed by atoms with Gasteiger partial charge in [0.15, 0.2) is 0 Å². The van der Waals surface area contributed by atoms with Gasteiger partial charge in [0.05, 0.1) is 13.2 Å². The van der Waals surface area contributed by atoms with E-state index in [1.807, 2.05) is 0 Å². The highest BCUT2D eigenvalue weighted by atomic mass is 16.6. The molecule has 1 aliphatic rings. The Labute approximate surface area is 77.2 Å². The van der Waals surface area contributed by atoms with E-state index in [1.165, 1.54) is 14.2 Å². The number of aliphatic hydroxyl groups excluding tert-OH is 2. The fraction of sp³-hybridized carbons (Fsp3) is 1.00. The molecule has 1 heterocycles. The van der Waals surface area contributed by atoms with Crippen LogP contribution in [0, 0.1) is 0 Å². The molecule has 1 unspecified atom stereocenters. The predicted molar refractivity (Wildman–Crippen MR) is 44.4 cm³/mol. The summed E-state index contributed by atoms with van der Waals surface area (Å²) in [6, 6.07) is 0. The standard InChI is InChI=1S/C8H16O5/c1-11-6(3-9)8-7(12-2)5(10)4-13-8/h5-10H,3-4H2,1-2H3/t5-,6?,7+,8+/m0/s1. The molecule has 1 fully saturated rings. The van der Waals surface area contributed by atoms with Gasteiger partial charge in [-0.05, 0) is 0 Å². The quantitative estimate of drug-likeness (QED) is 0.583. The molecule has 1 aliphatic heterocycles. The van der Waals surface area contributed by atoms with E-state index >= 15 is 0 Å². The Morgan fingerprint density at radius 1 is 1.54 bits per heavy atom. The Bertz CT molecular complexity index is 147. The molecule has 0 aromatic carbocycles. The molecule has 2 N–H and O–H groups in total. The number of rotatable bonds is 4. The molecule has 5 nitrogen and oxygen atoms in total. The average molecular weight is 192 g/mol. The maximum absolute atomic E-state index is 9.41. The minimum absolute atomic E-state index is 0.145. The van der Waals surface area contributed by atoms with Crippen molar-refractivity contribution in [1.82, 2.24) is 0 Å². The van der Waals surface area contributed by atoms with Crippen LogP contribution in [0.2, 0.25) is 0 Å². The third kappa shape index (κ3) is 2.18. The van der Waals surface area contributed by atoms with Crippen LogP contribution in [0.4, 0.5) is 0 Å². The van der Waals surface area contributed by atoms with Gasteiger partial charge in [-0.1, -0.05) is 0 Å². The van der Waals surface area contributed by atoms with Gasteiger partial charge in [-0.3, -0.25) is 0 Å². The van der Waals surface area contributed by atoms with Crippen molar-refractivity contribution in [2.75, 3.05) is 27.4 Å². The lowest BCUT2D eigenvalue weighted by Gasteiger charge is -2.24. The van der Waals surface area contributed by atoms with Crippen LogP contribution in [-0.4, -0.2) is 62.1 Å². The summed E-state index contributed by atoms with van der Waals surface area (Å²) in [6.07, 6.45) is -1.90. The predicted octanol–water partition coefficient (Wildman–Crippen LogP) is -1.23. The fourth-order valence-electron chi connectivity index (χ4n) is 1.54. The molecule has 4 atom stereocenters. The van der Waals surface area contributed by atoms with Crippen LogP contribution in [0.3, 0.4) is 0 Å². The van der Waals surface area contributed by atoms with Crippen molar-refractivity contribution in [3.63, 3.8) is 0 Å². The number of hydrogen-bond donors (Lipinski definition) is 2. The summed E-state index contributed by atoms with van der Waals surface area (Å²) in [5, 5.41) is 18.4. The first kappa shape index (κ1) is 10.9. The van der Waals surface area contributed by atoms with E-state index in [0.717, 1.165) is 0 Å². The summed E-state index contributed by atoms with van der Waals surface area (Å²) in [6.45, 7) is 0.0801. The van der Waals surface area contributed by atoms with Crippen LogP contribution in [0.1, 0.15) is 0 Å². The Morgan fingerprint density at radius 3 is 2.69 bits per heavy atom. The average Bonchev–Trinajstić information content (AvgIpc) is 2.50. The highest BCUT2D eigenvalue weighted by molar-refractivity contribution is 4.89. The Balaban J connectivity index is 2.57. The summed E-state index contributed by atoms with van der Waals surface area (Å²) in [5.41, 5.74) is 0. The van der Waals surface area contributed by atoms with Crippen LogP contribution in [0.25, 0.3) is 0 Å². The van der Waals surface area contributed by atoms with Crippen LogP contribution >= 0.6 is 0 Å². The number of hydrogen-bond acceptors (Lipinski definition) is 5. The number of ether oxygens (including phenoxy) is 3. The molecule has 0 aromatic heterocycles. The van der Waals surface area contributed by atoms with Crippen molar-refractivity contribution in [2.24, 2.45) is 0 Å². The van der Waals surface area contributed by atoms with Crippen molar-refractivity contribution in [3.8, 4) is 0 Å². The first-order chi connectivity index (χ1) is 6.24. The molecular weight excluding hydrogens is 176 g/mol. The topological polar surface area (TPSA) is 68.2 Å². The first-order valence-electron chi connectivity index (χ1n) is 4.20. The molecule has 1 rings (SSSR count). The summed E-state index contributed by atoms with van der Waals surface area (Å²) in [4.78, 5) is 0. The highest BCUT2D eigenvalue weighted by Crippen LogP contribution is 2.21. The van der Waals surface area contributed by atoms with Crippen molar-refractivity contribution in [3.05, 3.63) is 0 Å². The maximum atomic E-state index is 9.41. The van der Waals surface area contributed by atoms with Crippen LogP contribution in [-0.2, 0) is 14.2 Å². The van der Waals surface area contributed by atoms with E-state index in [1.54, 1.807) is 0 Å². The summed E-state index contributed by atoms with van der Waals surface area (Å²) < 4.78 is 15.3. The molecule has 0 bridgehead atoms. The highest BCUT2D eigenvalue weighted by Gasteiger charge is 2.41. The number of methoxy groups -OCH3 is 2. The van der Waals surface area contributed by atoms with E-state index in [4.69, 9.17) is 19.3 Å². The van der Waals surface area contributed by atoms with Gasteiger partial charge in [0.2, 0.25) is 0 Å². The van der Waals surface area contributed by atoms with Gasteiger partial charge in [0.25, 0.3) is 0 Å². The smallest absolute Gasteiger partial charge is 0.115 e. The summed E-state index contributed by atoms with van der Waals surface area (Å²) in [5.74, 6) is 0. The van der Waals surface area contributed by atoms with Crippen molar-refractivity contribution in [1.29, 1.82) is 0 Å². The molecule has 5 heteroatoms. The van der Waals surface area contributed by atoms with Crippen molar-refractivity contribution >= 4 is 0 Å². The summed E-state index contributed by atoms with van der Waals surface area (Å²) >= 11 is 0. The third-order valence-electron chi connectivity index (χ3n) is 2.28. The number of aliphatic hydroxyl groups is 2. The summed E-state index contributed by atoms with van der Waals surface area (Å²) in [7, 11) is 2.99. The van der Waals surface area contributed by atoms with Gasteiger partial charge in [0, 0.05) is 14.2 Å². The van der Waals surface area contributed by atoms with Gasteiger partial charge >= 0.3 is 0 Å². The molecule has 13 heavy (non-hydrogen) atoms. The van der Waals surface area contributed by atoms with Crippen molar-refractivity contribution in [2.45, 2.75) is 24.4 Å². The molecule has 0 spiro atoms. The second-order valence-corrected chi connectivity index (χ2v) is 3.02. The lowest BCUT2D eigenvalue weighted by Crippen LogP contribution is -2.42. The van der Waals surface area contributed by atoms with E-state index in [2.05, 4.69) is 0 Å². The Hall–Kier alpha value is -0.200. The van der Waals surface area contributed by atoms with Gasteiger partial charge in [0.1, 0.15) is 24.4 Å². The fourth-order valence-corrected chi connectivity index (χ4v) is 1.54. The van der Waals surface area contributed by atoms with Gasteiger partial charge < -0.3 is 24.4 Å². The normalized spacial score (nSPS) is 36.5. The zero-order valence-electron chi connectivity index (χ0n) is 7.84. The molecule has 0 aromatic rings. The second-order valence-electron chi connectivity index (χ2n) is 3.02. The molecule has 78 valence electrons. The lowest BCUT2D eigenvalue weighted by atomic mass is 10.1. The SMILES string of the molecule is COC(CO)[C@H]1OC[C@H](O)[C@H]1OC. The van der Waals surface area contributed by atoms with E-state index in [9.17, 15) is 5.11 Å². The first-order valence-corrected chi connectivity index (χ1v) is 4.20. The van der Waals surface area contributed by atoms with Gasteiger partial charge in [-0.25, -0.2) is 0 Å². The molecule has 0 saturated carbocycles. The minimum Gasteiger partial charge on any atom is -0.394 e. The maximum Gasteiger partial charge on any atom is 0.115 e. The monoisotopic (exact) mass is 192 g/mol. The van der Waals surface area contributed by atoms with Crippen LogP contribution in [0.5, 0.6) is 0 Å². The molecule has 0 amide bonds. The van der Waals surface area contributed by atoms with Gasteiger partial charge in [-0.15, -0.1) is 0 Å². The van der Waals surface area contributed by atoms with E-state index in [0.29, 0.717) is 0 Å². The van der Waals surface area contributed by atoms with Crippen molar-refractivity contribution < 1.29 is 24.4 Å². The van der Waals surface area contributed by atoms with E-state index in [-0.39, 0.29) is 13.2 Å². The van der Waals surface area contributed by atoms with Gasteiger partial charge in [-0.2, -0.15) is 0 Å².